The third-order valence-corrected chi connectivity index (χ3v) is 4.75. The van der Waals surface area contributed by atoms with Crippen molar-refractivity contribution in [2.45, 2.75) is 76.1 Å². The smallest absolute Gasteiger partial charge is 0.0641 e. The van der Waals surface area contributed by atoms with Crippen LogP contribution < -0.4 is 5.32 Å². The first kappa shape index (κ1) is 12.9. The Morgan fingerprint density at radius 1 is 1.17 bits per heavy atom. The van der Waals surface area contributed by atoms with Crippen LogP contribution in [0.25, 0.3) is 0 Å². The molecule has 2 atom stereocenters. The molecule has 1 saturated carbocycles. The molecule has 2 unspecified atom stereocenters. The predicted octanol–water partition coefficient (Wildman–Crippen LogP) is 2.16. The Bertz CT molecular complexity index is 282. The lowest BCUT2D eigenvalue weighted by molar-refractivity contribution is -0.0853. The van der Waals surface area contributed by atoms with E-state index in [1.54, 1.807) is 0 Å². The Balaban J connectivity index is 1.61. The first-order chi connectivity index (χ1) is 8.64. The van der Waals surface area contributed by atoms with Gasteiger partial charge < -0.3 is 10.1 Å². The monoisotopic (exact) mass is 252 g/mol. The molecule has 18 heavy (non-hydrogen) atoms. The Kier molecular flexibility index (Phi) is 3.65. The molecule has 0 radical (unpaired) electrons. The summed E-state index contributed by atoms with van der Waals surface area (Å²) in [5.74, 6) is 0. The zero-order valence-electron chi connectivity index (χ0n) is 12.0. The lowest BCUT2D eigenvalue weighted by atomic mass is 9.92. The van der Waals surface area contributed by atoms with Crippen molar-refractivity contribution in [3.8, 4) is 0 Å². The van der Waals surface area contributed by atoms with E-state index in [-0.39, 0.29) is 5.60 Å². The van der Waals surface area contributed by atoms with Crippen LogP contribution in [0.1, 0.15) is 52.4 Å². The molecule has 0 aromatic heterocycles. The normalized spacial score (nSPS) is 36.2. The molecule has 1 aliphatic carbocycles. The highest BCUT2D eigenvalue weighted by Gasteiger charge is 2.39. The van der Waals surface area contributed by atoms with Gasteiger partial charge in [0.15, 0.2) is 0 Å². The summed E-state index contributed by atoms with van der Waals surface area (Å²) < 4.78 is 5.87. The molecule has 3 rings (SSSR count). The fourth-order valence-electron chi connectivity index (χ4n) is 3.65. The molecule has 0 bridgehead atoms. The van der Waals surface area contributed by atoms with Crippen LogP contribution >= 0.6 is 0 Å². The van der Waals surface area contributed by atoms with Gasteiger partial charge in [0, 0.05) is 31.3 Å². The number of nitrogens with zero attached hydrogens (tertiary/aromatic N) is 1. The number of hydrogen-bond donors (Lipinski definition) is 1. The molecule has 0 spiro atoms. The fourth-order valence-corrected chi connectivity index (χ4v) is 3.65. The number of hydrogen-bond acceptors (Lipinski definition) is 3. The van der Waals surface area contributed by atoms with Gasteiger partial charge in [-0.15, -0.1) is 0 Å². The average molecular weight is 252 g/mol. The summed E-state index contributed by atoms with van der Waals surface area (Å²) in [5.41, 5.74) is 0.0825. The van der Waals surface area contributed by atoms with Crippen molar-refractivity contribution < 1.29 is 4.74 Å². The number of rotatable bonds is 4. The van der Waals surface area contributed by atoms with Crippen molar-refractivity contribution in [3.63, 3.8) is 0 Å². The molecule has 2 saturated heterocycles. The third-order valence-electron chi connectivity index (χ3n) is 4.75. The SMILES string of the molecule is CC1(C)CC(N(CC2CCCN2)C2CC2)CCO1. The first-order valence-corrected chi connectivity index (χ1v) is 7.77. The largest absolute Gasteiger partial charge is 0.375 e. The van der Waals surface area contributed by atoms with Crippen LogP contribution in [0, 0.1) is 0 Å². The molecule has 0 amide bonds. The molecule has 0 aromatic rings. The van der Waals surface area contributed by atoms with Crippen LogP contribution in [0.2, 0.25) is 0 Å². The topological polar surface area (TPSA) is 24.5 Å². The van der Waals surface area contributed by atoms with E-state index in [2.05, 4.69) is 24.1 Å². The highest BCUT2D eigenvalue weighted by molar-refractivity contribution is 4.95. The van der Waals surface area contributed by atoms with E-state index in [4.69, 9.17) is 4.74 Å². The van der Waals surface area contributed by atoms with E-state index in [9.17, 15) is 0 Å². The van der Waals surface area contributed by atoms with E-state index < -0.39 is 0 Å². The zero-order chi connectivity index (χ0) is 12.6. The Labute approximate surface area is 111 Å². The minimum Gasteiger partial charge on any atom is -0.375 e. The van der Waals surface area contributed by atoms with Gasteiger partial charge in [-0.25, -0.2) is 0 Å². The highest BCUT2D eigenvalue weighted by atomic mass is 16.5. The van der Waals surface area contributed by atoms with Crippen LogP contribution in [0.4, 0.5) is 0 Å². The summed E-state index contributed by atoms with van der Waals surface area (Å²) in [7, 11) is 0. The summed E-state index contributed by atoms with van der Waals surface area (Å²) in [5, 5.41) is 3.66. The zero-order valence-corrected chi connectivity index (χ0v) is 12.0. The molecule has 0 aromatic carbocycles. The van der Waals surface area contributed by atoms with Crippen molar-refractivity contribution in [3.05, 3.63) is 0 Å². The summed E-state index contributed by atoms with van der Waals surface area (Å²) in [6.45, 7) is 7.93. The van der Waals surface area contributed by atoms with Crippen LogP contribution in [0.5, 0.6) is 0 Å². The first-order valence-electron chi connectivity index (χ1n) is 7.77. The quantitative estimate of drug-likeness (QED) is 0.830. The molecule has 1 N–H and O–H groups in total. The minimum atomic E-state index is 0.0825. The minimum absolute atomic E-state index is 0.0825. The molecule has 3 aliphatic rings. The summed E-state index contributed by atoms with van der Waals surface area (Å²) >= 11 is 0. The molecular formula is C15H28N2O. The van der Waals surface area contributed by atoms with Gasteiger partial charge in [0.1, 0.15) is 0 Å². The van der Waals surface area contributed by atoms with Gasteiger partial charge in [-0.05, 0) is 58.9 Å². The van der Waals surface area contributed by atoms with E-state index >= 15 is 0 Å². The van der Waals surface area contributed by atoms with Crippen LogP contribution in [-0.4, -0.2) is 48.3 Å². The highest BCUT2D eigenvalue weighted by Crippen LogP contribution is 2.35. The van der Waals surface area contributed by atoms with Crippen molar-refractivity contribution >= 4 is 0 Å². The fraction of sp³-hybridized carbons (Fsp3) is 1.00. The van der Waals surface area contributed by atoms with Gasteiger partial charge in [0.05, 0.1) is 5.60 Å². The molecular weight excluding hydrogens is 224 g/mol. The molecule has 104 valence electrons. The summed E-state index contributed by atoms with van der Waals surface area (Å²) in [4.78, 5) is 2.81. The van der Waals surface area contributed by atoms with Crippen LogP contribution in [0.15, 0.2) is 0 Å². The average Bonchev–Trinajstić information content (AvgIpc) is 3.02. The maximum Gasteiger partial charge on any atom is 0.0641 e. The number of nitrogens with one attached hydrogen (secondary N) is 1. The Morgan fingerprint density at radius 3 is 2.61 bits per heavy atom. The second-order valence-corrected chi connectivity index (χ2v) is 6.98. The maximum absolute atomic E-state index is 5.87. The Hall–Kier alpha value is -0.120. The standard InChI is InChI=1S/C15H28N2O/c1-15(2)10-14(7-9-18-15)17(13-5-6-13)11-12-4-3-8-16-12/h12-14,16H,3-11H2,1-2H3. The van der Waals surface area contributed by atoms with Gasteiger partial charge in [0.25, 0.3) is 0 Å². The van der Waals surface area contributed by atoms with Crippen molar-refractivity contribution in [2.24, 2.45) is 0 Å². The van der Waals surface area contributed by atoms with Crippen LogP contribution in [-0.2, 0) is 4.74 Å². The predicted molar refractivity (Wildman–Crippen MR) is 73.8 cm³/mol. The van der Waals surface area contributed by atoms with E-state index in [0.717, 1.165) is 24.7 Å². The molecule has 2 heterocycles. The van der Waals surface area contributed by atoms with Crippen molar-refractivity contribution in [1.29, 1.82) is 0 Å². The molecule has 3 heteroatoms. The third kappa shape index (κ3) is 3.06. The van der Waals surface area contributed by atoms with Crippen LogP contribution in [0.3, 0.4) is 0 Å². The Morgan fingerprint density at radius 2 is 2.00 bits per heavy atom. The van der Waals surface area contributed by atoms with E-state index in [1.165, 1.54) is 51.6 Å². The van der Waals surface area contributed by atoms with E-state index in [0.29, 0.717) is 0 Å². The molecule has 3 fully saturated rings. The maximum atomic E-state index is 5.87. The van der Waals surface area contributed by atoms with Crippen molar-refractivity contribution in [2.75, 3.05) is 19.7 Å². The lowest BCUT2D eigenvalue weighted by Gasteiger charge is -2.42. The van der Waals surface area contributed by atoms with Gasteiger partial charge in [0.2, 0.25) is 0 Å². The lowest BCUT2D eigenvalue weighted by Crippen LogP contribution is -2.50. The van der Waals surface area contributed by atoms with Gasteiger partial charge in [-0.2, -0.15) is 0 Å². The van der Waals surface area contributed by atoms with Gasteiger partial charge in [-0.3, -0.25) is 4.90 Å². The molecule has 3 nitrogen and oxygen atoms in total. The molecule has 2 aliphatic heterocycles. The van der Waals surface area contributed by atoms with Gasteiger partial charge >= 0.3 is 0 Å². The van der Waals surface area contributed by atoms with Crippen molar-refractivity contribution in [1.82, 2.24) is 10.2 Å². The summed E-state index contributed by atoms with van der Waals surface area (Å²) in [6.07, 6.45) is 8.01. The second-order valence-electron chi connectivity index (χ2n) is 6.98. The number of ether oxygens (including phenoxy) is 1. The van der Waals surface area contributed by atoms with Gasteiger partial charge in [-0.1, -0.05) is 0 Å². The van der Waals surface area contributed by atoms with E-state index in [1.807, 2.05) is 0 Å². The second kappa shape index (κ2) is 5.10. The summed E-state index contributed by atoms with van der Waals surface area (Å²) in [6, 6.07) is 2.38.